The topological polar surface area (TPSA) is 83.2 Å². The van der Waals surface area contributed by atoms with Crippen LogP contribution in [0.4, 0.5) is 5.82 Å². The predicted octanol–water partition coefficient (Wildman–Crippen LogP) is 3.14. The number of halogens is 1. The van der Waals surface area contributed by atoms with Gasteiger partial charge in [0.15, 0.2) is 5.82 Å². The monoisotopic (exact) mass is 538 g/mol. The van der Waals surface area contributed by atoms with Crippen molar-refractivity contribution in [2.24, 2.45) is 17.3 Å². The Kier molecular flexibility index (Phi) is 5.73. The number of nitrogens with one attached hydrogen (secondary N) is 2. The Morgan fingerprint density at radius 3 is 2.82 bits per heavy atom. The Morgan fingerprint density at radius 2 is 2.05 bits per heavy atom. The lowest BCUT2D eigenvalue weighted by molar-refractivity contribution is -0.149. The summed E-state index contributed by atoms with van der Waals surface area (Å²) in [7, 11) is 0. The first-order valence-corrected chi connectivity index (χ1v) is 14.6. The first kappa shape index (κ1) is 24.7. The maximum Gasteiger partial charge on any atom is 0.245 e. The van der Waals surface area contributed by atoms with E-state index in [4.69, 9.17) is 16.7 Å². The third-order valence-corrected chi connectivity index (χ3v) is 11.0. The minimum Gasteiger partial charge on any atom is -0.345 e. The first-order valence-electron chi connectivity index (χ1n) is 14.2. The summed E-state index contributed by atoms with van der Waals surface area (Å²) in [5.74, 6) is 2.24. The number of carbonyl (C=O) groups is 1. The van der Waals surface area contributed by atoms with Gasteiger partial charge in [-0.25, -0.2) is 0 Å². The van der Waals surface area contributed by atoms with Gasteiger partial charge in [0.25, 0.3) is 0 Å². The second-order valence-electron chi connectivity index (χ2n) is 12.6. The van der Waals surface area contributed by atoms with Crippen LogP contribution in [0, 0.1) is 24.2 Å². The minimum atomic E-state index is 0.0464. The van der Waals surface area contributed by atoms with Crippen molar-refractivity contribution in [2.75, 3.05) is 31.1 Å². The molecule has 2 saturated heterocycles. The van der Waals surface area contributed by atoms with Crippen molar-refractivity contribution in [2.45, 2.75) is 76.0 Å². The van der Waals surface area contributed by atoms with Gasteiger partial charge in [-0.05, 0) is 57.1 Å². The minimum absolute atomic E-state index is 0.0464. The van der Waals surface area contributed by atoms with Crippen LogP contribution in [0.3, 0.4) is 0 Å². The molecule has 1 amide bonds. The van der Waals surface area contributed by atoms with Crippen molar-refractivity contribution in [1.29, 1.82) is 0 Å². The van der Waals surface area contributed by atoms with Gasteiger partial charge in [-0.15, -0.1) is 11.6 Å². The van der Waals surface area contributed by atoms with E-state index in [1.54, 1.807) is 0 Å². The maximum absolute atomic E-state index is 12.0. The average molecular weight is 539 g/mol. The fourth-order valence-corrected chi connectivity index (χ4v) is 8.70. The number of rotatable bonds is 4. The van der Waals surface area contributed by atoms with E-state index in [-0.39, 0.29) is 28.7 Å². The Hall–Kier alpha value is -2.36. The number of hydrazine groups is 1. The molecule has 10 heteroatoms. The number of alkyl halides is 1. The smallest absolute Gasteiger partial charge is 0.245 e. The molecule has 1 spiro atoms. The van der Waals surface area contributed by atoms with Crippen molar-refractivity contribution in [3.63, 3.8) is 0 Å². The number of aromatic nitrogens is 4. The van der Waals surface area contributed by atoms with Crippen molar-refractivity contribution < 1.29 is 4.79 Å². The standard InChI is InChI=1S/C28H39ClN8O/c1-5-23(38)34-14-28(15-34)11-19(12-28)37-18(4)24(25-20-13-30-32-21(20)10-16(2)26(25)29)27(33-37)35-8-9-36-22(17(35)3)6-7-31-36/h5-7,16-17,19-21,25-26,30,32H,1,8-15H2,2-4H3. The largest absolute Gasteiger partial charge is 0.345 e. The molecule has 2 aliphatic carbocycles. The van der Waals surface area contributed by atoms with Crippen molar-refractivity contribution in [3.8, 4) is 0 Å². The van der Waals surface area contributed by atoms with Crippen LogP contribution in [-0.2, 0) is 11.3 Å². The molecule has 6 atom stereocenters. The molecule has 204 valence electrons. The van der Waals surface area contributed by atoms with Crippen LogP contribution >= 0.6 is 11.6 Å². The zero-order valence-corrected chi connectivity index (χ0v) is 23.4. The lowest BCUT2D eigenvalue weighted by Crippen LogP contribution is -2.63. The molecule has 3 aliphatic heterocycles. The average Bonchev–Trinajstić information content (AvgIpc) is 3.58. The van der Waals surface area contributed by atoms with Gasteiger partial charge in [0.05, 0.1) is 24.3 Å². The van der Waals surface area contributed by atoms with Crippen LogP contribution in [0.25, 0.3) is 0 Å². The Balaban J connectivity index is 1.25. The molecule has 7 rings (SSSR count). The highest BCUT2D eigenvalue weighted by atomic mass is 35.5. The van der Waals surface area contributed by atoms with Gasteiger partial charge in [-0.3, -0.25) is 25.0 Å². The van der Waals surface area contributed by atoms with Gasteiger partial charge >= 0.3 is 0 Å². The summed E-state index contributed by atoms with van der Waals surface area (Å²) in [6.45, 7) is 14.8. The zero-order chi connectivity index (χ0) is 26.3. The fourth-order valence-electron chi connectivity index (χ4n) is 8.29. The number of carbonyl (C=O) groups excluding carboxylic acids is 1. The number of anilines is 1. The molecule has 4 fully saturated rings. The van der Waals surface area contributed by atoms with Gasteiger partial charge in [-0.2, -0.15) is 10.2 Å². The van der Waals surface area contributed by atoms with Crippen molar-refractivity contribution in [3.05, 3.63) is 41.9 Å². The molecule has 9 nitrogen and oxygen atoms in total. The molecule has 5 aliphatic rings. The number of amides is 1. The molecular weight excluding hydrogens is 500 g/mol. The molecule has 2 N–H and O–H groups in total. The molecule has 0 aromatic carbocycles. The van der Waals surface area contributed by atoms with Gasteiger partial charge < -0.3 is 9.80 Å². The fraction of sp³-hybridized carbons (Fsp3) is 0.679. The van der Waals surface area contributed by atoms with E-state index in [0.29, 0.717) is 23.9 Å². The summed E-state index contributed by atoms with van der Waals surface area (Å²) in [6.07, 6.45) is 6.56. The normalized spacial score (nSPS) is 34.0. The van der Waals surface area contributed by atoms with E-state index >= 15 is 0 Å². The molecule has 0 bridgehead atoms. The highest BCUT2D eigenvalue weighted by molar-refractivity contribution is 6.21. The number of hydrogen-bond acceptors (Lipinski definition) is 6. The van der Waals surface area contributed by atoms with Crippen molar-refractivity contribution >= 4 is 23.3 Å². The lowest BCUT2D eigenvalue weighted by atomic mass is 9.60. The van der Waals surface area contributed by atoms with E-state index in [1.165, 1.54) is 23.0 Å². The number of nitrogens with zero attached hydrogens (tertiary/aromatic N) is 6. The molecule has 2 aromatic rings. The van der Waals surface area contributed by atoms with Gasteiger partial charge in [0.1, 0.15) is 0 Å². The van der Waals surface area contributed by atoms with Crippen LogP contribution in [0.5, 0.6) is 0 Å². The zero-order valence-electron chi connectivity index (χ0n) is 22.6. The third kappa shape index (κ3) is 3.54. The van der Waals surface area contributed by atoms with Crippen LogP contribution in [-0.4, -0.2) is 68.0 Å². The summed E-state index contributed by atoms with van der Waals surface area (Å²) >= 11 is 7.32. The quantitative estimate of drug-likeness (QED) is 0.460. The molecule has 2 saturated carbocycles. The molecule has 5 heterocycles. The number of likely N-dealkylation sites (tertiary alicyclic amines) is 1. The summed E-state index contributed by atoms with van der Waals surface area (Å²) in [5.41, 5.74) is 11.1. The molecule has 0 radical (unpaired) electrons. The van der Waals surface area contributed by atoms with Crippen LogP contribution in [0.15, 0.2) is 24.9 Å². The van der Waals surface area contributed by atoms with Crippen LogP contribution in [0.1, 0.15) is 68.1 Å². The highest BCUT2D eigenvalue weighted by Crippen LogP contribution is 2.56. The second kappa shape index (κ2) is 8.83. The van der Waals surface area contributed by atoms with Gasteiger partial charge in [0.2, 0.25) is 5.91 Å². The summed E-state index contributed by atoms with van der Waals surface area (Å²) in [4.78, 5) is 16.4. The first-order chi connectivity index (χ1) is 18.3. The highest BCUT2D eigenvalue weighted by Gasteiger charge is 2.55. The summed E-state index contributed by atoms with van der Waals surface area (Å²) in [6, 6.07) is 3.11. The summed E-state index contributed by atoms with van der Waals surface area (Å²) < 4.78 is 4.45. The lowest BCUT2D eigenvalue weighted by Gasteiger charge is -2.58. The number of fused-ring (bicyclic) bond motifs is 2. The Bertz CT molecular complexity index is 1260. The summed E-state index contributed by atoms with van der Waals surface area (Å²) in [5, 5.41) is 10.0. The molecular formula is C28H39ClN8O. The van der Waals surface area contributed by atoms with E-state index in [0.717, 1.165) is 57.8 Å². The Morgan fingerprint density at radius 1 is 1.26 bits per heavy atom. The predicted molar refractivity (Wildman–Crippen MR) is 147 cm³/mol. The van der Waals surface area contributed by atoms with E-state index in [1.807, 2.05) is 11.1 Å². The Labute approximate surface area is 229 Å². The SMILES string of the molecule is C=CC(=O)N1CC2(CC(n3nc(N4CCn5nccc5C4C)c(C4C(Cl)C(C)CC5NNCC54)c3C)C2)C1. The molecule has 38 heavy (non-hydrogen) atoms. The third-order valence-electron chi connectivity index (χ3n) is 10.3. The van der Waals surface area contributed by atoms with Gasteiger partial charge in [0, 0.05) is 66.4 Å². The van der Waals surface area contributed by atoms with E-state index in [2.05, 4.69) is 63.6 Å². The second-order valence-corrected chi connectivity index (χ2v) is 13.1. The van der Waals surface area contributed by atoms with Crippen LogP contribution in [0.2, 0.25) is 0 Å². The van der Waals surface area contributed by atoms with E-state index < -0.39 is 0 Å². The van der Waals surface area contributed by atoms with Crippen molar-refractivity contribution in [1.82, 2.24) is 35.3 Å². The van der Waals surface area contributed by atoms with Crippen LogP contribution < -0.4 is 15.8 Å². The maximum atomic E-state index is 12.0. The van der Waals surface area contributed by atoms with Gasteiger partial charge in [-0.1, -0.05) is 13.5 Å². The molecule has 2 aromatic heterocycles. The van der Waals surface area contributed by atoms with E-state index in [9.17, 15) is 4.79 Å². The molecule has 6 unspecified atom stereocenters. The number of hydrogen-bond donors (Lipinski definition) is 2.